The zero-order chi connectivity index (χ0) is 16.3. The Morgan fingerprint density at radius 2 is 1.32 bits per heavy atom. The molecule has 0 aliphatic rings. The molecule has 0 aliphatic heterocycles. The van der Waals surface area contributed by atoms with Crippen LogP contribution in [0.4, 0.5) is 0 Å². The summed E-state index contributed by atoms with van der Waals surface area (Å²) in [4.78, 5) is 23.7. The summed E-state index contributed by atoms with van der Waals surface area (Å²) in [5.74, 6) is -1.99. The molecule has 0 bridgehead atoms. The van der Waals surface area contributed by atoms with E-state index in [0.717, 1.165) is 11.1 Å². The molecule has 0 heterocycles. The number of carboxylic acid groups (broad SMARTS) is 2. The van der Waals surface area contributed by atoms with Crippen molar-refractivity contribution >= 4 is 33.5 Å². The minimum Gasteiger partial charge on any atom is -0.478 e. The highest BCUT2D eigenvalue weighted by molar-refractivity contribution is 8.76. The highest BCUT2D eigenvalue weighted by Gasteiger charge is 2.15. The maximum absolute atomic E-state index is 11.3. The highest BCUT2D eigenvalue weighted by atomic mass is 33.1. The Bertz CT molecular complexity index is 741. The fourth-order valence-corrected chi connectivity index (χ4v) is 4.26. The first kappa shape index (κ1) is 16.5. The van der Waals surface area contributed by atoms with Gasteiger partial charge in [0.05, 0.1) is 11.1 Å². The van der Waals surface area contributed by atoms with E-state index < -0.39 is 11.9 Å². The molecule has 0 atom stereocenters. The lowest BCUT2D eigenvalue weighted by Gasteiger charge is -2.09. The third kappa shape index (κ3) is 3.84. The first-order chi connectivity index (χ1) is 10.4. The summed E-state index contributed by atoms with van der Waals surface area (Å²) < 4.78 is 0. The Balaban J connectivity index is 2.29. The van der Waals surface area contributed by atoms with Gasteiger partial charge in [-0.25, -0.2) is 9.59 Å². The van der Waals surface area contributed by atoms with Crippen LogP contribution in [-0.4, -0.2) is 22.2 Å². The Kier molecular flexibility index (Phi) is 5.15. The predicted molar refractivity (Wildman–Crippen MR) is 88.0 cm³/mol. The quantitative estimate of drug-likeness (QED) is 0.784. The summed E-state index contributed by atoms with van der Waals surface area (Å²) in [6.07, 6.45) is 0. The van der Waals surface area contributed by atoms with Crippen molar-refractivity contribution in [2.24, 2.45) is 0 Å². The van der Waals surface area contributed by atoms with Crippen LogP contribution in [-0.2, 0) is 0 Å². The summed E-state index contributed by atoms with van der Waals surface area (Å²) in [6, 6.07) is 10.3. The molecule has 0 saturated heterocycles. The normalized spacial score (nSPS) is 10.5. The Morgan fingerprint density at radius 1 is 0.773 bits per heavy atom. The molecule has 0 saturated carbocycles. The van der Waals surface area contributed by atoms with Crippen LogP contribution in [0.5, 0.6) is 0 Å². The van der Waals surface area contributed by atoms with Gasteiger partial charge in [-0.1, -0.05) is 39.3 Å². The Labute approximate surface area is 136 Å². The Morgan fingerprint density at radius 3 is 1.95 bits per heavy atom. The third-order valence-electron chi connectivity index (χ3n) is 2.95. The van der Waals surface area contributed by atoms with E-state index in [4.69, 9.17) is 0 Å². The monoisotopic (exact) mass is 334 g/mol. The summed E-state index contributed by atoms with van der Waals surface area (Å²) >= 11 is 0. The van der Waals surface area contributed by atoms with Crippen LogP contribution in [0.2, 0.25) is 0 Å². The van der Waals surface area contributed by atoms with Gasteiger partial charge >= 0.3 is 11.9 Å². The molecule has 22 heavy (non-hydrogen) atoms. The van der Waals surface area contributed by atoms with Crippen molar-refractivity contribution in [1.29, 1.82) is 0 Å². The van der Waals surface area contributed by atoms with Gasteiger partial charge in [0.25, 0.3) is 0 Å². The lowest BCUT2D eigenvalue weighted by molar-refractivity contribution is 0.0682. The van der Waals surface area contributed by atoms with Crippen molar-refractivity contribution < 1.29 is 19.8 Å². The number of hydrogen-bond acceptors (Lipinski definition) is 4. The molecule has 0 aliphatic carbocycles. The van der Waals surface area contributed by atoms with Crippen LogP contribution in [0, 0.1) is 13.8 Å². The van der Waals surface area contributed by atoms with E-state index in [2.05, 4.69) is 0 Å². The van der Waals surface area contributed by atoms with Crippen LogP contribution in [0.3, 0.4) is 0 Å². The van der Waals surface area contributed by atoms with Gasteiger partial charge in [-0.15, -0.1) is 0 Å². The second-order valence-corrected chi connectivity index (χ2v) is 6.99. The van der Waals surface area contributed by atoms with E-state index in [1.54, 1.807) is 30.3 Å². The summed E-state index contributed by atoms with van der Waals surface area (Å²) in [7, 11) is 2.50. The van der Waals surface area contributed by atoms with Gasteiger partial charge in [0.2, 0.25) is 0 Å². The summed E-state index contributed by atoms with van der Waals surface area (Å²) in [6.45, 7) is 3.71. The second kappa shape index (κ2) is 6.89. The molecule has 0 fully saturated rings. The van der Waals surface area contributed by atoms with Gasteiger partial charge in [0.15, 0.2) is 0 Å². The molecular weight excluding hydrogens is 320 g/mol. The second-order valence-electron chi connectivity index (χ2n) is 4.78. The summed E-state index contributed by atoms with van der Waals surface area (Å²) in [5, 5.41) is 18.5. The first-order valence-corrected chi connectivity index (χ1v) is 8.56. The number of rotatable bonds is 5. The van der Waals surface area contributed by atoms with Crippen LogP contribution < -0.4 is 0 Å². The van der Waals surface area contributed by atoms with Crippen LogP contribution >= 0.6 is 21.6 Å². The molecule has 0 radical (unpaired) electrons. The van der Waals surface area contributed by atoms with E-state index >= 15 is 0 Å². The molecule has 114 valence electrons. The van der Waals surface area contributed by atoms with E-state index in [1.165, 1.54) is 21.6 Å². The molecule has 0 spiro atoms. The van der Waals surface area contributed by atoms with Crippen molar-refractivity contribution in [2.75, 3.05) is 0 Å². The van der Waals surface area contributed by atoms with Crippen LogP contribution in [0.15, 0.2) is 46.2 Å². The third-order valence-corrected chi connectivity index (χ3v) is 5.42. The molecule has 4 nitrogen and oxygen atoms in total. The lowest BCUT2D eigenvalue weighted by atomic mass is 10.1. The van der Waals surface area contributed by atoms with Crippen molar-refractivity contribution in [3.63, 3.8) is 0 Å². The first-order valence-electron chi connectivity index (χ1n) is 6.41. The van der Waals surface area contributed by atoms with Gasteiger partial charge in [-0.3, -0.25) is 0 Å². The number of aromatic carboxylic acids is 2. The minimum atomic E-state index is -0.995. The SMILES string of the molecule is Cc1ccc(C(=O)O)c(SSc2ccc(C)cc2C(=O)O)c1. The minimum absolute atomic E-state index is 0.215. The standard InChI is InChI=1S/C16H14O4S2/c1-9-4-6-13(12(7-9)16(19)20)21-22-14-8-10(2)3-5-11(14)15(17)18/h3-8H,1-2H3,(H,17,18)(H,19,20). The molecule has 6 heteroatoms. The topological polar surface area (TPSA) is 74.6 Å². The molecule has 2 aromatic rings. The number of hydrogen-bond donors (Lipinski definition) is 2. The fraction of sp³-hybridized carbons (Fsp3) is 0.125. The van der Waals surface area contributed by atoms with Gasteiger partial charge in [0.1, 0.15) is 0 Å². The number of benzene rings is 2. The number of carbonyl (C=O) groups is 2. The average molecular weight is 334 g/mol. The van der Waals surface area contributed by atoms with Crippen molar-refractivity contribution in [1.82, 2.24) is 0 Å². The van der Waals surface area contributed by atoms with Gasteiger partial charge in [-0.2, -0.15) is 0 Å². The van der Waals surface area contributed by atoms with Crippen molar-refractivity contribution in [2.45, 2.75) is 23.6 Å². The van der Waals surface area contributed by atoms with E-state index in [9.17, 15) is 19.8 Å². The van der Waals surface area contributed by atoms with Gasteiger partial charge < -0.3 is 10.2 Å². The molecule has 2 rings (SSSR count). The largest absolute Gasteiger partial charge is 0.478 e. The average Bonchev–Trinajstić information content (AvgIpc) is 2.45. The predicted octanol–water partition coefficient (Wildman–Crippen LogP) is 4.50. The van der Waals surface area contributed by atoms with Crippen LogP contribution in [0.25, 0.3) is 0 Å². The molecule has 2 aromatic carbocycles. The zero-order valence-corrected chi connectivity index (χ0v) is 13.6. The van der Waals surface area contributed by atoms with Crippen molar-refractivity contribution in [3.05, 3.63) is 58.7 Å². The highest BCUT2D eigenvalue weighted by Crippen LogP contribution is 2.41. The van der Waals surface area contributed by atoms with Crippen molar-refractivity contribution in [3.8, 4) is 0 Å². The van der Waals surface area contributed by atoms with Gasteiger partial charge in [0, 0.05) is 9.79 Å². The Hall–Kier alpha value is -1.92. The van der Waals surface area contributed by atoms with E-state index in [1.807, 2.05) is 19.9 Å². The van der Waals surface area contributed by atoms with E-state index in [0.29, 0.717) is 9.79 Å². The summed E-state index contributed by atoms with van der Waals surface area (Å²) in [5.41, 5.74) is 2.26. The lowest BCUT2D eigenvalue weighted by Crippen LogP contribution is -2.00. The fourth-order valence-electron chi connectivity index (χ4n) is 1.85. The van der Waals surface area contributed by atoms with Gasteiger partial charge in [-0.05, 0) is 43.7 Å². The number of carboxylic acids is 2. The smallest absolute Gasteiger partial charge is 0.336 e. The van der Waals surface area contributed by atoms with Crippen LogP contribution in [0.1, 0.15) is 31.8 Å². The molecule has 0 aromatic heterocycles. The number of aryl methyl sites for hydroxylation is 2. The van der Waals surface area contributed by atoms with E-state index in [-0.39, 0.29) is 11.1 Å². The maximum Gasteiger partial charge on any atom is 0.336 e. The molecule has 0 amide bonds. The molecule has 0 unspecified atom stereocenters. The zero-order valence-electron chi connectivity index (χ0n) is 12.0. The maximum atomic E-state index is 11.3. The molecular formula is C16H14O4S2. The molecule has 2 N–H and O–H groups in total.